The van der Waals surface area contributed by atoms with E-state index in [0.29, 0.717) is 23.6 Å². The molecule has 98 valence electrons. The molecule has 2 aliphatic rings. The lowest BCUT2D eigenvalue weighted by molar-refractivity contribution is 0.0921. The van der Waals surface area contributed by atoms with E-state index in [9.17, 15) is 4.79 Å². The van der Waals surface area contributed by atoms with Crippen molar-refractivity contribution in [2.24, 2.45) is 17.6 Å². The summed E-state index contributed by atoms with van der Waals surface area (Å²) < 4.78 is 0. The van der Waals surface area contributed by atoms with E-state index in [4.69, 9.17) is 5.73 Å². The van der Waals surface area contributed by atoms with Gasteiger partial charge in [0.2, 0.25) is 0 Å². The maximum Gasteiger partial charge on any atom is 0.270 e. The molecule has 5 heteroatoms. The van der Waals surface area contributed by atoms with Gasteiger partial charge in [0.15, 0.2) is 0 Å². The third-order valence-corrected chi connectivity index (χ3v) is 4.75. The zero-order valence-electron chi connectivity index (χ0n) is 10.6. The van der Waals surface area contributed by atoms with Crippen LogP contribution in [-0.2, 0) is 0 Å². The summed E-state index contributed by atoms with van der Waals surface area (Å²) >= 11 is 1.46. The molecule has 0 saturated heterocycles. The lowest BCUT2D eigenvalue weighted by atomic mass is 10.1. The molecule has 0 bridgehead atoms. The maximum atomic E-state index is 12.1. The van der Waals surface area contributed by atoms with Crippen LogP contribution in [-0.4, -0.2) is 16.9 Å². The summed E-state index contributed by atoms with van der Waals surface area (Å²) in [5.74, 6) is 1.41. The predicted octanol–water partition coefficient (Wildman–Crippen LogP) is 2.08. The van der Waals surface area contributed by atoms with Gasteiger partial charge in [-0.2, -0.15) is 0 Å². The number of carbonyl (C=O) groups is 1. The molecule has 3 rings (SSSR count). The Kier molecular flexibility index (Phi) is 3.11. The van der Waals surface area contributed by atoms with Gasteiger partial charge >= 0.3 is 0 Å². The molecule has 0 aliphatic heterocycles. The zero-order valence-corrected chi connectivity index (χ0v) is 11.4. The van der Waals surface area contributed by atoms with E-state index in [-0.39, 0.29) is 11.9 Å². The average Bonchev–Trinajstić information content (AvgIpc) is 3.24. The molecule has 1 amide bonds. The summed E-state index contributed by atoms with van der Waals surface area (Å²) in [6.45, 7) is 1.89. The van der Waals surface area contributed by atoms with Crippen molar-refractivity contribution in [3.8, 4) is 0 Å². The van der Waals surface area contributed by atoms with E-state index >= 15 is 0 Å². The smallest absolute Gasteiger partial charge is 0.270 e. The number of rotatable bonds is 5. The van der Waals surface area contributed by atoms with E-state index < -0.39 is 0 Å². The molecule has 0 spiro atoms. The number of thiazole rings is 1. The normalized spacial score (nSPS) is 21.1. The van der Waals surface area contributed by atoms with Crippen molar-refractivity contribution in [3.63, 3.8) is 0 Å². The number of hydrogen-bond donors (Lipinski definition) is 2. The summed E-state index contributed by atoms with van der Waals surface area (Å²) in [7, 11) is 0. The lowest BCUT2D eigenvalue weighted by Gasteiger charge is -2.16. The van der Waals surface area contributed by atoms with Crippen LogP contribution in [0.25, 0.3) is 0 Å². The predicted molar refractivity (Wildman–Crippen MR) is 71.4 cm³/mol. The van der Waals surface area contributed by atoms with Gasteiger partial charge in [0, 0.05) is 11.4 Å². The van der Waals surface area contributed by atoms with Crippen LogP contribution in [0.3, 0.4) is 0 Å². The standard InChI is InChI=1S/C13H19N3OS/c1-7(14)13-15-10(6-18-13)12(17)16-11(8-2-3-8)9-4-5-9/h6-9,11H,2-5,14H2,1H3,(H,16,17). The van der Waals surface area contributed by atoms with Gasteiger partial charge in [-0.1, -0.05) is 0 Å². The maximum absolute atomic E-state index is 12.1. The second kappa shape index (κ2) is 4.63. The van der Waals surface area contributed by atoms with E-state index in [1.807, 2.05) is 12.3 Å². The first kappa shape index (κ1) is 12.1. The highest BCUT2D eigenvalue weighted by atomic mass is 32.1. The SMILES string of the molecule is CC(N)c1nc(C(=O)NC(C2CC2)C2CC2)cs1. The largest absolute Gasteiger partial charge is 0.347 e. The van der Waals surface area contributed by atoms with Crippen molar-refractivity contribution in [3.05, 3.63) is 16.1 Å². The fourth-order valence-corrected chi connectivity index (χ4v) is 3.12. The van der Waals surface area contributed by atoms with Gasteiger partial charge in [-0.3, -0.25) is 4.79 Å². The fraction of sp³-hybridized carbons (Fsp3) is 0.692. The van der Waals surface area contributed by atoms with Gasteiger partial charge in [0.05, 0.1) is 6.04 Å². The zero-order chi connectivity index (χ0) is 12.7. The first-order valence-electron chi connectivity index (χ1n) is 6.67. The Morgan fingerprint density at radius 2 is 2.06 bits per heavy atom. The third-order valence-electron chi connectivity index (χ3n) is 3.70. The molecule has 1 atom stereocenters. The highest BCUT2D eigenvalue weighted by Crippen LogP contribution is 2.44. The second-order valence-electron chi connectivity index (χ2n) is 5.53. The van der Waals surface area contributed by atoms with Gasteiger partial charge < -0.3 is 11.1 Å². The molecule has 3 N–H and O–H groups in total. The van der Waals surface area contributed by atoms with Crippen molar-refractivity contribution in [1.82, 2.24) is 10.3 Å². The first-order chi connectivity index (χ1) is 8.65. The fourth-order valence-electron chi connectivity index (χ4n) is 2.36. The van der Waals surface area contributed by atoms with E-state index in [1.54, 1.807) is 0 Å². The molecule has 0 aromatic carbocycles. The van der Waals surface area contributed by atoms with Crippen LogP contribution in [0.4, 0.5) is 0 Å². The summed E-state index contributed by atoms with van der Waals surface area (Å²) in [5, 5.41) is 5.81. The number of nitrogens with two attached hydrogens (primary N) is 1. The van der Waals surface area contributed by atoms with E-state index in [1.165, 1.54) is 37.0 Å². The minimum Gasteiger partial charge on any atom is -0.347 e. The Morgan fingerprint density at radius 3 is 2.50 bits per heavy atom. The summed E-state index contributed by atoms with van der Waals surface area (Å²) in [6, 6.07) is 0.289. The number of nitrogens with zero attached hydrogens (tertiary/aromatic N) is 1. The second-order valence-corrected chi connectivity index (χ2v) is 6.42. The van der Waals surface area contributed by atoms with Crippen LogP contribution in [0, 0.1) is 11.8 Å². The molecular formula is C13H19N3OS. The molecule has 2 fully saturated rings. The number of hydrogen-bond acceptors (Lipinski definition) is 4. The molecular weight excluding hydrogens is 246 g/mol. The van der Waals surface area contributed by atoms with Crippen LogP contribution in [0.1, 0.15) is 54.1 Å². The molecule has 1 aromatic heterocycles. The number of carbonyl (C=O) groups excluding carboxylic acids is 1. The van der Waals surface area contributed by atoms with Gasteiger partial charge in [-0.05, 0) is 44.4 Å². The molecule has 2 aliphatic carbocycles. The van der Waals surface area contributed by atoms with Gasteiger partial charge in [0.25, 0.3) is 5.91 Å². The quantitative estimate of drug-likeness (QED) is 0.856. The Morgan fingerprint density at radius 1 is 1.44 bits per heavy atom. The third kappa shape index (κ3) is 2.57. The van der Waals surface area contributed by atoms with Crippen LogP contribution >= 0.6 is 11.3 Å². The molecule has 2 saturated carbocycles. The summed E-state index contributed by atoms with van der Waals surface area (Å²) in [4.78, 5) is 16.5. The molecule has 1 aromatic rings. The molecule has 1 unspecified atom stereocenters. The van der Waals surface area contributed by atoms with Gasteiger partial charge in [0.1, 0.15) is 10.7 Å². The minimum absolute atomic E-state index is 0.0260. The van der Waals surface area contributed by atoms with Crippen molar-refractivity contribution in [1.29, 1.82) is 0 Å². The van der Waals surface area contributed by atoms with E-state index in [0.717, 1.165) is 5.01 Å². The Bertz CT molecular complexity index is 437. The molecule has 1 heterocycles. The van der Waals surface area contributed by atoms with Crippen molar-refractivity contribution in [2.45, 2.75) is 44.7 Å². The first-order valence-corrected chi connectivity index (χ1v) is 7.55. The Hall–Kier alpha value is -0.940. The van der Waals surface area contributed by atoms with Crippen LogP contribution < -0.4 is 11.1 Å². The number of amides is 1. The minimum atomic E-state index is -0.0980. The molecule has 0 radical (unpaired) electrons. The van der Waals surface area contributed by atoms with Crippen LogP contribution in [0.2, 0.25) is 0 Å². The van der Waals surface area contributed by atoms with Crippen molar-refractivity contribution in [2.75, 3.05) is 0 Å². The Balaban J connectivity index is 1.65. The topological polar surface area (TPSA) is 68.0 Å². The van der Waals surface area contributed by atoms with Crippen LogP contribution in [0.15, 0.2) is 5.38 Å². The van der Waals surface area contributed by atoms with Crippen molar-refractivity contribution < 1.29 is 4.79 Å². The monoisotopic (exact) mass is 265 g/mol. The lowest BCUT2D eigenvalue weighted by Crippen LogP contribution is -2.38. The molecule has 4 nitrogen and oxygen atoms in total. The van der Waals surface area contributed by atoms with Crippen LogP contribution in [0.5, 0.6) is 0 Å². The van der Waals surface area contributed by atoms with Gasteiger partial charge in [-0.15, -0.1) is 11.3 Å². The van der Waals surface area contributed by atoms with Gasteiger partial charge in [-0.25, -0.2) is 4.98 Å². The highest BCUT2D eigenvalue weighted by molar-refractivity contribution is 7.09. The highest BCUT2D eigenvalue weighted by Gasteiger charge is 2.42. The Labute approximate surface area is 111 Å². The average molecular weight is 265 g/mol. The number of nitrogens with one attached hydrogen (secondary N) is 1. The van der Waals surface area contributed by atoms with Crippen molar-refractivity contribution >= 4 is 17.2 Å². The number of aromatic nitrogens is 1. The van der Waals surface area contributed by atoms with E-state index in [2.05, 4.69) is 10.3 Å². The molecule has 18 heavy (non-hydrogen) atoms. The summed E-state index contributed by atoms with van der Waals surface area (Å²) in [6.07, 6.45) is 5.07. The summed E-state index contributed by atoms with van der Waals surface area (Å²) in [5.41, 5.74) is 6.29.